The van der Waals surface area contributed by atoms with E-state index in [4.69, 9.17) is 0 Å². The third-order valence-electron chi connectivity index (χ3n) is 6.00. The van der Waals surface area contributed by atoms with Crippen LogP contribution in [0, 0.1) is 5.92 Å². The number of benzene rings is 1. The monoisotopic (exact) mass is 325 g/mol. The van der Waals surface area contributed by atoms with Gasteiger partial charge < -0.3 is 10.2 Å². The average Bonchev–Trinajstić information content (AvgIpc) is 2.61. The number of hydrogen-bond acceptors (Lipinski definition) is 3. The second-order valence-corrected chi connectivity index (χ2v) is 7.42. The van der Waals surface area contributed by atoms with Gasteiger partial charge in [-0.3, -0.25) is 10.1 Å². The van der Waals surface area contributed by atoms with Gasteiger partial charge in [0.15, 0.2) is 0 Å². The first-order valence-corrected chi connectivity index (χ1v) is 9.25. The van der Waals surface area contributed by atoms with Crippen LogP contribution in [-0.4, -0.2) is 29.6 Å². The fourth-order valence-electron chi connectivity index (χ4n) is 4.93. The maximum absolute atomic E-state index is 12.9. The highest BCUT2D eigenvalue weighted by Crippen LogP contribution is 2.46. The summed E-state index contributed by atoms with van der Waals surface area (Å²) in [6, 6.07) is 10.2. The standard InChI is InChI=1S/C20H27N3O/c1-15-18(19(24)21-14-16-7-3-2-4-8-16)17-9-5-10-20(13-17)22-11-6-12-23(15)20/h2-4,7-8,17,22H,5-6,9-14H2,1H3,(H,21,24)/t17-,20-/m1/s1. The quantitative estimate of drug-likeness (QED) is 0.898. The highest BCUT2D eigenvalue weighted by Gasteiger charge is 2.48. The molecule has 4 nitrogen and oxygen atoms in total. The van der Waals surface area contributed by atoms with Gasteiger partial charge in [0.1, 0.15) is 0 Å². The molecule has 1 saturated carbocycles. The molecule has 4 rings (SSSR count). The topological polar surface area (TPSA) is 44.4 Å². The van der Waals surface area contributed by atoms with Crippen LogP contribution >= 0.6 is 0 Å². The van der Waals surface area contributed by atoms with Crippen molar-refractivity contribution in [3.8, 4) is 0 Å². The zero-order chi connectivity index (χ0) is 16.6. The van der Waals surface area contributed by atoms with E-state index in [-0.39, 0.29) is 11.6 Å². The Hall–Kier alpha value is -1.81. The average molecular weight is 325 g/mol. The van der Waals surface area contributed by atoms with E-state index >= 15 is 0 Å². The molecule has 128 valence electrons. The van der Waals surface area contributed by atoms with Gasteiger partial charge in [-0.05, 0) is 57.1 Å². The molecule has 1 saturated heterocycles. The van der Waals surface area contributed by atoms with E-state index in [1.807, 2.05) is 18.2 Å². The van der Waals surface area contributed by atoms with Gasteiger partial charge in [-0.2, -0.15) is 0 Å². The molecule has 2 fully saturated rings. The van der Waals surface area contributed by atoms with Crippen molar-refractivity contribution in [2.24, 2.45) is 5.92 Å². The zero-order valence-corrected chi connectivity index (χ0v) is 14.5. The highest BCUT2D eigenvalue weighted by atomic mass is 16.1. The van der Waals surface area contributed by atoms with Crippen molar-refractivity contribution in [3.63, 3.8) is 0 Å². The fraction of sp³-hybridized carbons (Fsp3) is 0.550. The van der Waals surface area contributed by atoms with E-state index in [1.165, 1.54) is 18.5 Å². The van der Waals surface area contributed by atoms with Crippen molar-refractivity contribution in [3.05, 3.63) is 47.2 Å². The number of amides is 1. The first-order valence-electron chi connectivity index (χ1n) is 9.25. The van der Waals surface area contributed by atoms with Gasteiger partial charge in [0.05, 0.1) is 5.66 Å². The van der Waals surface area contributed by atoms with Crippen molar-refractivity contribution in [2.75, 3.05) is 13.1 Å². The molecule has 24 heavy (non-hydrogen) atoms. The molecule has 0 radical (unpaired) electrons. The molecule has 3 aliphatic rings. The van der Waals surface area contributed by atoms with Crippen LogP contribution in [0.2, 0.25) is 0 Å². The van der Waals surface area contributed by atoms with Crippen molar-refractivity contribution in [1.29, 1.82) is 0 Å². The highest BCUT2D eigenvalue weighted by molar-refractivity contribution is 5.94. The molecule has 1 amide bonds. The Labute approximate surface area is 144 Å². The van der Waals surface area contributed by atoms with E-state index in [2.05, 4.69) is 34.6 Å². The number of hydrogen-bond donors (Lipinski definition) is 2. The molecule has 2 bridgehead atoms. The normalized spacial score (nSPS) is 29.2. The van der Waals surface area contributed by atoms with Gasteiger partial charge in [0.2, 0.25) is 5.91 Å². The Kier molecular flexibility index (Phi) is 4.09. The molecule has 2 N–H and O–H groups in total. The van der Waals surface area contributed by atoms with Crippen molar-refractivity contribution < 1.29 is 4.79 Å². The lowest BCUT2D eigenvalue weighted by atomic mass is 9.71. The van der Waals surface area contributed by atoms with Gasteiger partial charge in [0.25, 0.3) is 0 Å². The largest absolute Gasteiger partial charge is 0.356 e. The van der Waals surface area contributed by atoms with Crippen molar-refractivity contribution in [2.45, 2.75) is 51.2 Å². The molecule has 2 heterocycles. The Bertz CT molecular complexity index is 650. The lowest BCUT2D eigenvalue weighted by Crippen LogP contribution is -2.66. The number of carbonyl (C=O) groups is 1. The van der Waals surface area contributed by atoms with Crippen LogP contribution in [-0.2, 0) is 11.3 Å². The molecular formula is C20H27N3O. The molecule has 1 spiro atoms. The number of allylic oxidation sites excluding steroid dienone is 1. The minimum atomic E-state index is 0.120. The third kappa shape index (κ3) is 2.63. The van der Waals surface area contributed by atoms with Crippen LogP contribution in [0.4, 0.5) is 0 Å². The molecular weight excluding hydrogens is 298 g/mol. The fourth-order valence-corrected chi connectivity index (χ4v) is 4.93. The van der Waals surface area contributed by atoms with E-state index < -0.39 is 0 Å². The molecule has 1 aromatic rings. The Morgan fingerprint density at radius 1 is 1.33 bits per heavy atom. The molecule has 2 atom stereocenters. The number of rotatable bonds is 3. The summed E-state index contributed by atoms with van der Waals surface area (Å²) < 4.78 is 0. The summed E-state index contributed by atoms with van der Waals surface area (Å²) in [4.78, 5) is 15.4. The van der Waals surface area contributed by atoms with Crippen LogP contribution < -0.4 is 10.6 Å². The van der Waals surface area contributed by atoms with Crippen LogP contribution in [0.15, 0.2) is 41.6 Å². The summed E-state index contributed by atoms with van der Waals surface area (Å²) in [7, 11) is 0. The van der Waals surface area contributed by atoms with Gasteiger partial charge in [-0.15, -0.1) is 0 Å². The van der Waals surface area contributed by atoms with Gasteiger partial charge in [0, 0.05) is 24.4 Å². The van der Waals surface area contributed by atoms with Gasteiger partial charge >= 0.3 is 0 Å². The van der Waals surface area contributed by atoms with E-state index in [9.17, 15) is 4.79 Å². The smallest absolute Gasteiger partial charge is 0.249 e. The second-order valence-electron chi connectivity index (χ2n) is 7.42. The number of fused-ring (bicyclic) bond motifs is 1. The Morgan fingerprint density at radius 2 is 2.17 bits per heavy atom. The van der Waals surface area contributed by atoms with Gasteiger partial charge in [-0.1, -0.05) is 30.3 Å². The predicted octanol–water partition coefficient (Wildman–Crippen LogP) is 2.77. The van der Waals surface area contributed by atoms with E-state index in [0.717, 1.165) is 43.5 Å². The first kappa shape index (κ1) is 15.7. The van der Waals surface area contributed by atoms with Crippen LogP contribution in [0.1, 0.15) is 44.6 Å². The Morgan fingerprint density at radius 3 is 3.00 bits per heavy atom. The third-order valence-corrected chi connectivity index (χ3v) is 6.00. The van der Waals surface area contributed by atoms with Crippen LogP contribution in [0.25, 0.3) is 0 Å². The molecule has 0 unspecified atom stereocenters. The minimum Gasteiger partial charge on any atom is -0.356 e. The van der Waals surface area contributed by atoms with Crippen LogP contribution in [0.3, 0.4) is 0 Å². The number of nitrogens with zero attached hydrogens (tertiary/aromatic N) is 1. The second kappa shape index (κ2) is 6.25. The first-order chi connectivity index (χ1) is 11.7. The summed E-state index contributed by atoms with van der Waals surface area (Å²) in [5.74, 6) is 0.527. The van der Waals surface area contributed by atoms with E-state index in [1.54, 1.807) is 0 Å². The summed E-state index contributed by atoms with van der Waals surface area (Å²) >= 11 is 0. The summed E-state index contributed by atoms with van der Waals surface area (Å²) in [5.41, 5.74) is 3.50. The lowest BCUT2D eigenvalue weighted by molar-refractivity contribution is -0.119. The van der Waals surface area contributed by atoms with Crippen molar-refractivity contribution >= 4 is 5.91 Å². The summed E-state index contributed by atoms with van der Waals surface area (Å²) in [5, 5.41) is 6.93. The number of nitrogens with one attached hydrogen (secondary N) is 2. The maximum atomic E-state index is 12.9. The maximum Gasteiger partial charge on any atom is 0.249 e. The summed E-state index contributed by atoms with van der Waals surface area (Å²) in [6.07, 6.45) is 5.79. The molecule has 2 aliphatic heterocycles. The lowest BCUT2D eigenvalue weighted by Gasteiger charge is -2.57. The molecule has 1 aliphatic carbocycles. The van der Waals surface area contributed by atoms with E-state index in [0.29, 0.717) is 12.5 Å². The molecule has 4 heteroatoms. The minimum absolute atomic E-state index is 0.120. The van der Waals surface area contributed by atoms with Crippen molar-refractivity contribution in [1.82, 2.24) is 15.5 Å². The summed E-state index contributed by atoms with van der Waals surface area (Å²) in [6.45, 7) is 4.93. The molecule has 1 aromatic carbocycles. The zero-order valence-electron chi connectivity index (χ0n) is 14.5. The van der Waals surface area contributed by atoms with Crippen LogP contribution in [0.5, 0.6) is 0 Å². The van der Waals surface area contributed by atoms with Gasteiger partial charge in [-0.25, -0.2) is 0 Å². The predicted molar refractivity (Wildman–Crippen MR) is 95.0 cm³/mol. The Balaban J connectivity index is 1.56. The SMILES string of the molecule is CC1=C(C(=O)NCc2ccccc2)[C@@H]2CCC[C@@]3(C2)NCCCN13. The molecule has 0 aromatic heterocycles. The number of carbonyl (C=O) groups excluding carboxylic acids is 1.